The molecule has 122 valence electrons. The van der Waals surface area contributed by atoms with Crippen LogP contribution < -0.4 is 9.47 Å². The van der Waals surface area contributed by atoms with Gasteiger partial charge in [0.2, 0.25) is 4.96 Å². The predicted octanol–water partition coefficient (Wildman–Crippen LogP) is 2.57. The van der Waals surface area contributed by atoms with Crippen LogP contribution in [0.3, 0.4) is 0 Å². The topological polar surface area (TPSA) is 90.2 Å². The molecule has 3 heterocycles. The fourth-order valence-electron chi connectivity index (χ4n) is 2.40. The van der Waals surface area contributed by atoms with Gasteiger partial charge in [-0.05, 0) is 31.2 Å². The van der Waals surface area contributed by atoms with Crippen LogP contribution in [0.15, 0.2) is 24.3 Å². The molecule has 0 radical (unpaired) electrons. The van der Waals surface area contributed by atoms with Gasteiger partial charge in [-0.25, -0.2) is 0 Å². The SMILES string of the molecule is COc1ccc(-c2nnc3sc(-c4cc(C)[nH]n4)nn23)cc1OC. The van der Waals surface area contributed by atoms with E-state index in [2.05, 4.69) is 25.5 Å². The lowest BCUT2D eigenvalue weighted by atomic mass is 10.2. The molecule has 0 aliphatic carbocycles. The number of fused-ring (bicyclic) bond motifs is 1. The molecule has 0 amide bonds. The van der Waals surface area contributed by atoms with Crippen LogP contribution in [0.4, 0.5) is 0 Å². The highest BCUT2D eigenvalue weighted by atomic mass is 32.1. The summed E-state index contributed by atoms with van der Waals surface area (Å²) >= 11 is 1.44. The Bertz CT molecular complexity index is 1020. The summed E-state index contributed by atoms with van der Waals surface area (Å²) in [6.07, 6.45) is 0. The molecule has 8 nitrogen and oxygen atoms in total. The number of aryl methyl sites for hydroxylation is 1. The summed E-state index contributed by atoms with van der Waals surface area (Å²) in [5.74, 6) is 1.93. The third-order valence-electron chi connectivity index (χ3n) is 3.56. The normalized spacial score (nSPS) is 11.1. The maximum atomic E-state index is 5.35. The molecule has 1 aromatic carbocycles. The first-order valence-electron chi connectivity index (χ1n) is 7.16. The Kier molecular flexibility index (Phi) is 3.42. The van der Waals surface area contributed by atoms with E-state index < -0.39 is 0 Å². The smallest absolute Gasteiger partial charge is 0.235 e. The van der Waals surface area contributed by atoms with E-state index in [1.807, 2.05) is 31.2 Å². The largest absolute Gasteiger partial charge is 0.493 e. The molecule has 0 saturated carbocycles. The van der Waals surface area contributed by atoms with Gasteiger partial charge in [0.1, 0.15) is 5.69 Å². The standard InChI is InChI=1S/C15H14N6O2S/c1-8-6-10(17-16-8)14-20-21-13(18-19-15(21)24-14)9-4-5-11(22-2)12(7-9)23-3/h4-7H,1-3H3,(H,16,17). The number of hydrogen-bond acceptors (Lipinski definition) is 7. The Morgan fingerprint density at radius 1 is 1.08 bits per heavy atom. The number of methoxy groups -OCH3 is 2. The van der Waals surface area contributed by atoms with Gasteiger partial charge in [0.25, 0.3) is 0 Å². The van der Waals surface area contributed by atoms with E-state index in [1.54, 1.807) is 18.7 Å². The number of H-pyrrole nitrogens is 1. The molecule has 0 bridgehead atoms. The molecule has 0 fully saturated rings. The number of ether oxygens (including phenoxy) is 2. The third-order valence-corrected chi connectivity index (χ3v) is 4.48. The van der Waals surface area contributed by atoms with E-state index in [-0.39, 0.29) is 0 Å². The Balaban J connectivity index is 1.81. The molecule has 3 aromatic heterocycles. The van der Waals surface area contributed by atoms with Gasteiger partial charge in [-0.3, -0.25) is 5.10 Å². The number of benzene rings is 1. The number of nitrogens with one attached hydrogen (secondary N) is 1. The molecule has 0 saturated heterocycles. The fourth-order valence-corrected chi connectivity index (χ4v) is 3.20. The van der Waals surface area contributed by atoms with Crippen LogP contribution in [0.5, 0.6) is 11.5 Å². The highest BCUT2D eigenvalue weighted by molar-refractivity contribution is 7.19. The molecule has 0 aliphatic rings. The zero-order chi connectivity index (χ0) is 16.7. The Morgan fingerprint density at radius 2 is 1.92 bits per heavy atom. The van der Waals surface area contributed by atoms with Gasteiger partial charge >= 0.3 is 0 Å². The molecular weight excluding hydrogens is 328 g/mol. The quantitative estimate of drug-likeness (QED) is 0.613. The van der Waals surface area contributed by atoms with E-state index in [4.69, 9.17) is 9.47 Å². The number of aromatic nitrogens is 6. The minimum Gasteiger partial charge on any atom is -0.493 e. The molecule has 0 unspecified atom stereocenters. The lowest BCUT2D eigenvalue weighted by molar-refractivity contribution is 0.355. The van der Waals surface area contributed by atoms with E-state index in [0.29, 0.717) is 22.3 Å². The third kappa shape index (κ3) is 2.29. The van der Waals surface area contributed by atoms with Gasteiger partial charge in [-0.15, -0.1) is 10.2 Å². The zero-order valence-corrected chi connectivity index (χ0v) is 14.1. The minimum absolute atomic E-state index is 0.630. The molecule has 0 atom stereocenters. The maximum Gasteiger partial charge on any atom is 0.235 e. The van der Waals surface area contributed by atoms with E-state index in [1.165, 1.54) is 11.3 Å². The second-order valence-corrected chi connectivity index (χ2v) is 6.09. The van der Waals surface area contributed by atoms with Crippen LogP contribution >= 0.6 is 11.3 Å². The molecular formula is C15H14N6O2S. The predicted molar refractivity (Wildman–Crippen MR) is 89.5 cm³/mol. The van der Waals surface area contributed by atoms with Gasteiger partial charge in [-0.1, -0.05) is 11.3 Å². The summed E-state index contributed by atoms with van der Waals surface area (Å²) in [5, 5.41) is 21.0. The van der Waals surface area contributed by atoms with Crippen LogP contribution in [-0.2, 0) is 0 Å². The monoisotopic (exact) mass is 342 g/mol. The van der Waals surface area contributed by atoms with Crippen molar-refractivity contribution in [2.24, 2.45) is 0 Å². The summed E-state index contributed by atoms with van der Waals surface area (Å²) in [5.41, 5.74) is 2.62. The second kappa shape index (κ2) is 5.60. The van der Waals surface area contributed by atoms with E-state index >= 15 is 0 Å². The molecule has 9 heteroatoms. The zero-order valence-electron chi connectivity index (χ0n) is 13.3. The summed E-state index contributed by atoms with van der Waals surface area (Å²) < 4.78 is 12.3. The van der Waals surface area contributed by atoms with Crippen molar-refractivity contribution < 1.29 is 9.47 Å². The van der Waals surface area contributed by atoms with Crippen LogP contribution in [-0.4, -0.2) is 44.2 Å². The van der Waals surface area contributed by atoms with Crippen molar-refractivity contribution in [2.45, 2.75) is 6.92 Å². The molecule has 4 aromatic rings. The van der Waals surface area contributed by atoms with Crippen molar-refractivity contribution in [1.82, 2.24) is 30.0 Å². The van der Waals surface area contributed by atoms with Crippen LogP contribution in [0, 0.1) is 6.92 Å². The summed E-state index contributed by atoms with van der Waals surface area (Å²) in [7, 11) is 3.20. The number of rotatable bonds is 4. The van der Waals surface area contributed by atoms with Gasteiger partial charge < -0.3 is 9.47 Å². The lowest BCUT2D eigenvalue weighted by Crippen LogP contribution is -1.94. The molecule has 0 spiro atoms. The van der Waals surface area contributed by atoms with E-state index in [9.17, 15) is 0 Å². The highest BCUT2D eigenvalue weighted by Crippen LogP contribution is 2.33. The van der Waals surface area contributed by atoms with Crippen molar-refractivity contribution in [3.63, 3.8) is 0 Å². The van der Waals surface area contributed by atoms with Crippen molar-refractivity contribution in [3.05, 3.63) is 30.0 Å². The number of aromatic amines is 1. The van der Waals surface area contributed by atoms with Gasteiger partial charge in [0.05, 0.1) is 14.2 Å². The second-order valence-electron chi connectivity index (χ2n) is 5.13. The lowest BCUT2D eigenvalue weighted by Gasteiger charge is -2.08. The van der Waals surface area contributed by atoms with Gasteiger partial charge in [-0.2, -0.15) is 14.7 Å². The highest BCUT2D eigenvalue weighted by Gasteiger charge is 2.17. The molecule has 4 rings (SSSR count). The molecule has 1 N–H and O–H groups in total. The number of hydrogen-bond donors (Lipinski definition) is 1. The van der Waals surface area contributed by atoms with Crippen LogP contribution in [0.1, 0.15) is 5.69 Å². The Morgan fingerprint density at radius 3 is 2.62 bits per heavy atom. The van der Waals surface area contributed by atoms with Crippen LogP contribution in [0.2, 0.25) is 0 Å². The average Bonchev–Trinajstić information content (AvgIpc) is 3.29. The first kappa shape index (κ1) is 14.6. The van der Waals surface area contributed by atoms with Gasteiger partial charge in [0.15, 0.2) is 22.3 Å². The first-order chi connectivity index (χ1) is 11.7. The first-order valence-corrected chi connectivity index (χ1v) is 7.98. The molecule has 24 heavy (non-hydrogen) atoms. The fraction of sp³-hybridized carbons (Fsp3) is 0.200. The summed E-state index contributed by atoms with van der Waals surface area (Å²) in [6.45, 7) is 1.95. The van der Waals surface area contributed by atoms with Gasteiger partial charge in [0, 0.05) is 11.3 Å². The van der Waals surface area contributed by atoms with E-state index in [0.717, 1.165) is 22.0 Å². The van der Waals surface area contributed by atoms with Crippen molar-refractivity contribution in [3.8, 4) is 33.6 Å². The van der Waals surface area contributed by atoms with Crippen LogP contribution in [0.25, 0.3) is 27.1 Å². The van der Waals surface area contributed by atoms with Crippen molar-refractivity contribution in [2.75, 3.05) is 14.2 Å². The maximum absolute atomic E-state index is 5.35. The van der Waals surface area contributed by atoms with Crippen molar-refractivity contribution in [1.29, 1.82) is 0 Å². The Hall–Kier alpha value is -2.94. The molecule has 0 aliphatic heterocycles. The minimum atomic E-state index is 0.630. The summed E-state index contributed by atoms with van der Waals surface area (Å²) in [4.78, 5) is 0.704. The summed E-state index contributed by atoms with van der Waals surface area (Å²) in [6, 6.07) is 7.53. The van der Waals surface area contributed by atoms with Crippen molar-refractivity contribution >= 4 is 16.3 Å². The number of nitrogens with zero attached hydrogens (tertiary/aromatic N) is 5. The Labute approximate surface area is 141 Å². The average molecular weight is 342 g/mol.